The van der Waals surface area contributed by atoms with E-state index < -0.39 is 11.6 Å². The van der Waals surface area contributed by atoms with E-state index in [0.717, 1.165) is 50.3 Å². The van der Waals surface area contributed by atoms with Crippen LogP contribution in [0.3, 0.4) is 0 Å². The highest BCUT2D eigenvalue weighted by Gasteiger charge is 2.29. The predicted octanol–water partition coefficient (Wildman–Crippen LogP) is 4.83. The van der Waals surface area contributed by atoms with Crippen LogP contribution in [0.2, 0.25) is 0 Å². The first-order valence-electron chi connectivity index (χ1n) is 13.3. The van der Waals surface area contributed by atoms with Gasteiger partial charge < -0.3 is 14.7 Å². The fourth-order valence-corrected chi connectivity index (χ4v) is 4.91. The minimum absolute atomic E-state index is 0.0460. The first-order valence-corrected chi connectivity index (χ1v) is 13.3. The second-order valence-electron chi connectivity index (χ2n) is 10.4. The Bertz CT molecular complexity index is 1150. The number of nitrogens with zero attached hydrogens (tertiary/aromatic N) is 5. The Hall–Kier alpha value is -2.94. The summed E-state index contributed by atoms with van der Waals surface area (Å²) in [7, 11) is 0. The lowest BCUT2D eigenvalue weighted by Crippen LogP contribution is -2.40. The van der Waals surface area contributed by atoms with Crippen molar-refractivity contribution in [3.8, 4) is 0 Å². The molecule has 0 radical (unpaired) electrons. The molecule has 0 atom stereocenters. The molecule has 7 nitrogen and oxygen atoms in total. The number of halogens is 2. The van der Waals surface area contributed by atoms with Crippen LogP contribution in [0.25, 0.3) is 0 Å². The molecule has 0 unspecified atom stereocenters. The highest BCUT2D eigenvalue weighted by atomic mass is 19.2. The van der Waals surface area contributed by atoms with Gasteiger partial charge in [-0.1, -0.05) is 6.92 Å². The van der Waals surface area contributed by atoms with Crippen molar-refractivity contribution in [2.75, 3.05) is 31.1 Å². The summed E-state index contributed by atoms with van der Waals surface area (Å²) in [5.41, 5.74) is 1.74. The number of rotatable bonds is 4. The largest absolute Gasteiger partial charge is 0.334 e. The molecule has 1 aliphatic heterocycles. The van der Waals surface area contributed by atoms with Gasteiger partial charge in [-0.15, -0.1) is 0 Å². The lowest BCUT2D eigenvalue weighted by atomic mass is 10.1. The molecular weight excluding hydrogens is 476 g/mol. The molecule has 0 bridgehead atoms. The van der Waals surface area contributed by atoms with Gasteiger partial charge >= 0.3 is 0 Å². The number of aromatic nitrogens is 2. The third-order valence-electron chi connectivity index (χ3n) is 7.27. The summed E-state index contributed by atoms with van der Waals surface area (Å²) < 4.78 is 28.9. The lowest BCUT2D eigenvalue weighted by Gasteiger charge is -2.33. The molecule has 1 fully saturated rings. The van der Waals surface area contributed by atoms with Crippen molar-refractivity contribution in [1.29, 1.82) is 0 Å². The van der Waals surface area contributed by atoms with Crippen LogP contribution in [-0.4, -0.2) is 63.8 Å². The van der Waals surface area contributed by atoms with Gasteiger partial charge in [0.2, 0.25) is 5.91 Å². The monoisotopic (exact) mass is 513 g/mol. The molecular formula is C28H37F2N5O2. The average molecular weight is 514 g/mol. The number of anilines is 1. The van der Waals surface area contributed by atoms with Crippen LogP contribution in [-0.2, 0) is 11.3 Å². The number of hydrogen-bond acceptors (Lipinski definition) is 5. The van der Waals surface area contributed by atoms with Crippen molar-refractivity contribution in [1.82, 2.24) is 19.8 Å². The standard InChI is InChI=1S/C28H37F2N5O2/c1-5-26(36)35-13-7-11-33(18(2)3)10-6-12-34(17-21-14-23(29)24(30)15-25(21)35)28(37)22-16-31-27(20-8-9-20)32-19(22)4/h14-16,18,20H,5-13,17H2,1-4H3. The number of hydrogen-bond donors (Lipinski definition) is 0. The van der Waals surface area contributed by atoms with Gasteiger partial charge in [-0.05, 0) is 58.1 Å². The van der Waals surface area contributed by atoms with Crippen LogP contribution in [0.1, 0.15) is 86.2 Å². The van der Waals surface area contributed by atoms with E-state index in [-0.39, 0.29) is 24.8 Å². The van der Waals surface area contributed by atoms with Crippen molar-refractivity contribution in [2.24, 2.45) is 0 Å². The Labute approximate surface area is 217 Å². The van der Waals surface area contributed by atoms with E-state index in [4.69, 9.17) is 0 Å². The molecule has 1 aromatic heterocycles. The maximum Gasteiger partial charge on any atom is 0.257 e. The molecule has 0 N–H and O–H groups in total. The smallest absolute Gasteiger partial charge is 0.257 e. The second kappa shape index (κ2) is 11.6. The first-order chi connectivity index (χ1) is 17.7. The van der Waals surface area contributed by atoms with Crippen molar-refractivity contribution < 1.29 is 18.4 Å². The normalized spacial score (nSPS) is 17.8. The molecule has 0 saturated heterocycles. The Kier molecular flexibility index (Phi) is 8.52. The van der Waals surface area contributed by atoms with E-state index in [1.807, 2.05) is 6.92 Å². The fraction of sp³-hybridized carbons (Fsp3) is 0.571. The highest BCUT2D eigenvalue weighted by Crippen LogP contribution is 2.38. The SMILES string of the molecule is CCC(=O)N1CCCN(C(C)C)CCCN(C(=O)c2cnc(C3CC3)nc2C)Cc2cc(F)c(F)cc21. The average Bonchev–Trinajstić information content (AvgIpc) is 3.71. The number of carbonyl (C=O) groups is 2. The van der Waals surface area contributed by atoms with Crippen LogP contribution in [0, 0.1) is 18.6 Å². The lowest BCUT2D eigenvalue weighted by molar-refractivity contribution is -0.118. The molecule has 2 amide bonds. The minimum Gasteiger partial charge on any atom is -0.334 e. The highest BCUT2D eigenvalue weighted by molar-refractivity contribution is 5.96. The number of aryl methyl sites for hydroxylation is 1. The number of amides is 2. The van der Waals surface area contributed by atoms with Crippen LogP contribution >= 0.6 is 0 Å². The van der Waals surface area contributed by atoms with Crippen molar-refractivity contribution >= 4 is 17.5 Å². The Morgan fingerprint density at radius 1 is 1.05 bits per heavy atom. The maximum absolute atomic E-state index is 14.5. The van der Waals surface area contributed by atoms with Crippen LogP contribution < -0.4 is 4.90 Å². The molecule has 2 aliphatic rings. The van der Waals surface area contributed by atoms with Gasteiger partial charge in [0.1, 0.15) is 5.82 Å². The summed E-state index contributed by atoms with van der Waals surface area (Å²) in [5.74, 6) is -1.29. The molecule has 200 valence electrons. The molecule has 1 saturated carbocycles. The number of carbonyl (C=O) groups excluding carboxylic acids is 2. The van der Waals surface area contributed by atoms with Gasteiger partial charge in [0.25, 0.3) is 5.91 Å². The third-order valence-corrected chi connectivity index (χ3v) is 7.27. The Morgan fingerprint density at radius 2 is 1.73 bits per heavy atom. The van der Waals surface area contributed by atoms with E-state index in [2.05, 4.69) is 28.7 Å². The molecule has 1 aliphatic carbocycles. The van der Waals surface area contributed by atoms with Gasteiger partial charge in [0.05, 0.1) is 16.9 Å². The molecule has 4 rings (SSSR count). The Morgan fingerprint density at radius 3 is 2.35 bits per heavy atom. The van der Waals surface area contributed by atoms with Gasteiger partial charge in [0.15, 0.2) is 11.6 Å². The van der Waals surface area contributed by atoms with Crippen LogP contribution in [0.15, 0.2) is 18.3 Å². The predicted molar refractivity (Wildman–Crippen MR) is 138 cm³/mol. The maximum atomic E-state index is 14.5. The van der Waals surface area contributed by atoms with Crippen LogP contribution in [0.5, 0.6) is 0 Å². The topological polar surface area (TPSA) is 69.6 Å². The van der Waals surface area contributed by atoms with Gasteiger partial charge in [-0.25, -0.2) is 18.7 Å². The van der Waals surface area contributed by atoms with E-state index in [1.54, 1.807) is 22.9 Å². The van der Waals surface area contributed by atoms with E-state index in [1.165, 1.54) is 0 Å². The van der Waals surface area contributed by atoms with E-state index in [9.17, 15) is 18.4 Å². The van der Waals surface area contributed by atoms with Crippen molar-refractivity contribution in [3.63, 3.8) is 0 Å². The van der Waals surface area contributed by atoms with Gasteiger partial charge in [-0.3, -0.25) is 9.59 Å². The number of benzene rings is 1. The Balaban J connectivity index is 1.73. The van der Waals surface area contributed by atoms with Gasteiger partial charge in [-0.2, -0.15) is 0 Å². The summed E-state index contributed by atoms with van der Waals surface area (Å²) in [6.45, 7) is 10.2. The number of fused-ring (bicyclic) bond motifs is 1. The summed E-state index contributed by atoms with van der Waals surface area (Å²) in [4.78, 5) is 41.2. The zero-order valence-electron chi connectivity index (χ0n) is 22.3. The van der Waals surface area contributed by atoms with Crippen molar-refractivity contribution in [2.45, 2.75) is 78.3 Å². The van der Waals surface area contributed by atoms with E-state index >= 15 is 0 Å². The summed E-state index contributed by atoms with van der Waals surface area (Å²) >= 11 is 0. The summed E-state index contributed by atoms with van der Waals surface area (Å²) in [5, 5.41) is 0. The molecule has 2 aromatic rings. The molecule has 1 aromatic carbocycles. The fourth-order valence-electron chi connectivity index (χ4n) is 4.91. The molecule has 9 heteroatoms. The summed E-state index contributed by atoms with van der Waals surface area (Å²) in [6, 6.07) is 2.50. The molecule has 2 heterocycles. The van der Waals surface area contributed by atoms with Gasteiger partial charge in [0, 0.05) is 63.4 Å². The zero-order valence-corrected chi connectivity index (χ0v) is 22.3. The van der Waals surface area contributed by atoms with Crippen molar-refractivity contribution in [3.05, 3.63) is 52.6 Å². The quantitative estimate of drug-likeness (QED) is 0.586. The van der Waals surface area contributed by atoms with Crippen LogP contribution in [0.4, 0.5) is 14.5 Å². The van der Waals surface area contributed by atoms with E-state index in [0.29, 0.717) is 54.0 Å². The zero-order chi connectivity index (χ0) is 26.7. The summed E-state index contributed by atoms with van der Waals surface area (Å²) in [6.07, 6.45) is 5.39. The second-order valence-corrected chi connectivity index (χ2v) is 10.4. The third kappa shape index (κ3) is 6.32. The first kappa shape index (κ1) is 27.1. The molecule has 0 spiro atoms. The molecule has 37 heavy (non-hydrogen) atoms. The minimum atomic E-state index is -1.01.